The van der Waals surface area contributed by atoms with Crippen molar-refractivity contribution in [1.29, 1.82) is 0 Å². The molecule has 1 aromatic heterocycles. The summed E-state index contributed by atoms with van der Waals surface area (Å²) in [6.45, 7) is 7.83. The van der Waals surface area contributed by atoms with Gasteiger partial charge in [-0.15, -0.1) is 0 Å². The Bertz CT molecular complexity index is 683. The van der Waals surface area contributed by atoms with Crippen LogP contribution in [0.2, 0.25) is 0 Å². The molecule has 3 saturated heterocycles. The van der Waals surface area contributed by atoms with E-state index in [2.05, 4.69) is 15.7 Å². The zero-order chi connectivity index (χ0) is 18.3. The molecule has 7 nitrogen and oxygen atoms in total. The number of rotatable bonds is 3. The average molecular weight is 374 g/mol. The summed E-state index contributed by atoms with van der Waals surface area (Å²) in [4.78, 5) is 22.0. The van der Waals surface area contributed by atoms with Gasteiger partial charge in [0.2, 0.25) is 5.91 Å². The minimum atomic E-state index is -0.315. The van der Waals surface area contributed by atoms with Gasteiger partial charge >= 0.3 is 0 Å². The average Bonchev–Trinajstić information content (AvgIpc) is 3.45. The van der Waals surface area contributed by atoms with Crippen LogP contribution in [-0.4, -0.2) is 71.3 Å². The molecule has 0 saturated carbocycles. The topological polar surface area (TPSA) is 59.8 Å². The summed E-state index contributed by atoms with van der Waals surface area (Å²) < 4.78 is 14.1. The molecule has 1 spiro atoms. The molecule has 5 heterocycles. The van der Waals surface area contributed by atoms with E-state index in [-0.39, 0.29) is 17.4 Å². The van der Waals surface area contributed by atoms with Crippen LogP contribution in [0.3, 0.4) is 0 Å². The molecular formula is C20H30N4O3. The molecule has 0 N–H and O–H groups in total. The molecule has 4 aliphatic rings. The second kappa shape index (κ2) is 7.18. The van der Waals surface area contributed by atoms with Crippen molar-refractivity contribution >= 4 is 5.91 Å². The fourth-order valence-corrected chi connectivity index (χ4v) is 5.16. The highest BCUT2D eigenvalue weighted by molar-refractivity contribution is 5.79. The fourth-order valence-electron chi connectivity index (χ4n) is 5.16. The van der Waals surface area contributed by atoms with Crippen molar-refractivity contribution in [2.45, 2.75) is 50.8 Å². The third-order valence-corrected chi connectivity index (χ3v) is 6.78. The molecule has 0 radical (unpaired) electrons. The van der Waals surface area contributed by atoms with Gasteiger partial charge in [0, 0.05) is 51.8 Å². The SMILES string of the molecule is O=C(C1CCOC1)N1CCC2(CC1)OCCn1c(CN3CCCC3)cnc12. The molecular weight excluding hydrogens is 344 g/mol. The van der Waals surface area contributed by atoms with Gasteiger partial charge in [0.15, 0.2) is 0 Å². The van der Waals surface area contributed by atoms with Crippen LogP contribution in [0.5, 0.6) is 0 Å². The molecule has 1 unspecified atom stereocenters. The highest BCUT2D eigenvalue weighted by atomic mass is 16.5. The number of carbonyl (C=O) groups excluding carboxylic acids is 1. The van der Waals surface area contributed by atoms with Crippen molar-refractivity contribution in [1.82, 2.24) is 19.4 Å². The minimum absolute atomic E-state index is 0.0559. The van der Waals surface area contributed by atoms with Gasteiger partial charge in [0.1, 0.15) is 11.4 Å². The smallest absolute Gasteiger partial charge is 0.228 e. The lowest BCUT2D eigenvalue weighted by Crippen LogP contribution is -2.51. The first kappa shape index (κ1) is 17.6. The number of piperidine rings is 1. The van der Waals surface area contributed by atoms with E-state index in [0.29, 0.717) is 13.2 Å². The Morgan fingerprint density at radius 3 is 2.70 bits per heavy atom. The van der Waals surface area contributed by atoms with Crippen LogP contribution in [0.25, 0.3) is 0 Å². The van der Waals surface area contributed by atoms with Crippen molar-refractivity contribution in [3.8, 4) is 0 Å². The summed E-state index contributed by atoms with van der Waals surface area (Å²) in [5, 5.41) is 0. The number of hydrogen-bond donors (Lipinski definition) is 0. The van der Waals surface area contributed by atoms with Crippen LogP contribution < -0.4 is 0 Å². The number of imidazole rings is 1. The highest BCUT2D eigenvalue weighted by Gasteiger charge is 2.45. The van der Waals surface area contributed by atoms with E-state index < -0.39 is 0 Å². The molecule has 0 bridgehead atoms. The Hall–Kier alpha value is -1.44. The maximum Gasteiger partial charge on any atom is 0.228 e. The van der Waals surface area contributed by atoms with E-state index in [1.807, 2.05) is 4.90 Å². The van der Waals surface area contributed by atoms with E-state index in [4.69, 9.17) is 14.5 Å². The number of likely N-dealkylation sites (tertiary alicyclic amines) is 2. The Labute approximate surface area is 160 Å². The van der Waals surface area contributed by atoms with E-state index in [9.17, 15) is 4.79 Å². The quantitative estimate of drug-likeness (QED) is 0.800. The number of amides is 1. The standard InChI is InChI=1S/C20H30N4O3/c25-18(16-3-11-26-15-16)23-8-4-20(5-9-23)19-21-13-17(24(19)10-12-27-20)14-22-6-1-2-7-22/h13,16H,1-12,14-15H2. The van der Waals surface area contributed by atoms with Gasteiger partial charge in [-0.05, 0) is 32.4 Å². The number of nitrogens with zero attached hydrogens (tertiary/aromatic N) is 4. The summed E-state index contributed by atoms with van der Waals surface area (Å²) in [5.74, 6) is 1.40. The van der Waals surface area contributed by atoms with Crippen molar-refractivity contribution in [2.24, 2.45) is 5.92 Å². The molecule has 0 aliphatic carbocycles. The van der Waals surface area contributed by atoms with E-state index >= 15 is 0 Å². The monoisotopic (exact) mass is 374 g/mol. The molecule has 3 fully saturated rings. The van der Waals surface area contributed by atoms with Gasteiger partial charge in [-0.1, -0.05) is 0 Å². The van der Waals surface area contributed by atoms with Gasteiger partial charge in [-0.2, -0.15) is 0 Å². The number of hydrogen-bond acceptors (Lipinski definition) is 5. The molecule has 1 amide bonds. The molecule has 148 valence electrons. The van der Waals surface area contributed by atoms with Crippen molar-refractivity contribution in [2.75, 3.05) is 46.0 Å². The van der Waals surface area contributed by atoms with E-state index in [1.54, 1.807) is 0 Å². The summed E-state index contributed by atoms with van der Waals surface area (Å²) in [6, 6.07) is 0. The number of aromatic nitrogens is 2. The molecule has 27 heavy (non-hydrogen) atoms. The summed E-state index contributed by atoms with van der Waals surface area (Å²) in [7, 11) is 0. The maximum absolute atomic E-state index is 12.7. The van der Waals surface area contributed by atoms with Crippen molar-refractivity contribution in [3.63, 3.8) is 0 Å². The normalized spacial score (nSPS) is 28.0. The predicted molar refractivity (Wildman–Crippen MR) is 99.1 cm³/mol. The lowest BCUT2D eigenvalue weighted by atomic mass is 9.88. The number of fused-ring (bicyclic) bond motifs is 2. The number of carbonyl (C=O) groups is 1. The molecule has 0 aromatic carbocycles. The lowest BCUT2D eigenvalue weighted by Gasteiger charge is -2.44. The molecule has 1 atom stereocenters. The third kappa shape index (κ3) is 3.19. The van der Waals surface area contributed by atoms with Gasteiger partial charge in [0.05, 0.1) is 24.8 Å². The van der Waals surface area contributed by atoms with Gasteiger partial charge in [0.25, 0.3) is 0 Å². The largest absolute Gasteiger partial charge is 0.381 e. The van der Waals surface area contributed by atoms with Crippen LogP contribution in [0.4, 0.5) is 0 Å². The van der Waals surface area contributed by atoms with Gasteiger partial charge in [-0.3, -0.25) is 9.69 Å². The Morgan fingerprint density at radius 1 is 1.15 bits per heavy atom. The first-order chi connectivity index (χ1) is 13.3. The molecule has 5 rings (SSSR count). The molecule has 7 heteroatoms. The minimum Gasteiger partial charge on any atom is -0.381 e. The summed E-state index contributed by atoms with van der Waals surface area (Å²) >= 11 is 0. The fraction of sp³-hybridized carbons (Fsp3) is 0.800. The van der Waals surface area contributed by atoms with E-state index in [1.165, 1.54) is 31.6 Å². The highest BCUT2D eigenvalue weighted by Crippen LogP contribution is 2.39. The predicted octanol–water partition coefficient (Wildman–Crippen LogP) is 1.36. The Morgan fingerprint density at radius 2 is 1.96 bits per heavy atom. The van der Waals surface area contributed by atoms with Gasteiger partial charge in [-0.25, -0.2) is 4.98 Å². The second-order valence-corrected chi connectivity index (χ2v) is 8.44. The first-order valence-corrected chi connectivity index (χ1v) is 10.5. The van der Waals surface area contributed by atoms with E-state index in [0.717, 1.165) is 57.9 Å². The van der Waals surface area contributed by atoms with Crippen LogP contribution in [0.1, 0.15) is 43.6 Å². The lowest BCUT2D eigenvalue weighted by molar-refractivity contribution is -0.147. The van der Waals surface area contributed by atoms with Gasteiger partial charge < -0.3 is 18.9 Å². The molecule has 1 aromatic rings. The Kier molecular flexibility index (Phi) is 4.70. The zero-order valence-electron chi connectivity index (χ0n) is 16.1. The van der Waals surface area contributed by atoms with Crippen LogP contribution in [0.15, 0.2) is 6.20 Å². The molecule has 4 aliphatic heterocycles. The zero-order valence-corrected chi connectivity index (χ0v) is 16.1. The maximum atomic E-state index is 12.7. The third-order valence-electron chi connectivity index (χ3n) is 6.78. The summed E-state index contributed by atoms with van der Waals surface area (Å²) in [6.07, 6.45) is 7.21. The first-order valence-electron chi connectivity index (χ1n) is 10.5. The van der Waals surface area contributed by atoms with Crippen LogP contribution in [0, 0.1) is 5.92 Å². The van der Waals surface area contributed by atoms with Crippen LogP contribution in [-0.2, 0) is 33.0 Å². The Balaban J connectivity index is 1.29. The van der Waals surface area contributed by atoms with Crippen molar-refractivity contribution < 1.29 is 14.3 Å². The second-order valence-electron chi connectivity index (χ2n) is 8.44. The summed E-state index contributed by atoms with van der Waals surface area (Å²) in [5.41, 5.74) is 1.00. The van der Waals surface area contributed by atoms with Crippen LogP contribution >= 0.6 is 0 Å². The number of ether oxygens (including phenoxy) is 2. The van der Waals surface area contributed by atoms with Crippen molar-refractivity contribution in [3.05, 3.63) is 17.7 Å².